The maximum absolute atomic E-state index is 11.6. The van der Waals surface area contributed by atoms with E-state index in [0.29, 0.717) is 6.42 Å². The van der Waals surface area contributed by atoms with Gasteiger partial charge in [0.2, 0.25) is 0 Å². The molecule has 1 heterocycles. The van der Waals surface area contributed by atoms with Gasteiger partial charge >= 0.3 is 5.00 Å². The van der Waals surface area contributed by atoms with Crippen molar-refractivity contribution >= 4 is 22.2 Å². The van der Waals surface area contributed by atoms with E-state index in [4.69, 9.17) is 5.11 Å². The van der Waals surface area contributed by atoms with Gasteiger partial charge in [-0.1, -0.05) is 18.3 Å². The minimum absolute atomic E-state index is 0.0674. The molecule has 0 radical (unpaired) electrons. The lowest BCUT2D eigenvalue weighted by atomic mass is 10.2. The molecule has 1 rings (SSSR count). The van der Waals surface area contributed by atoms with Crippen molar-refractivity contribution in [2.24, 2.45) is 0 Å². The molecular weight excluding hydrogens is 232 g/mol. The number of nitro groups is 1. The van der Waals surface area contributed by atoms with Crippen molar-refractivity contribution in [3.05, 3.63) is 27.1 Å². The fraction of sp³-hybridized carbons (Fsp3) is 0.444. The molecule has 7 heteroatoms. The highest BCUT2D eigenvalue weighted by Crippen LogP contribution is 2.23. The van der Waals surface area contributed by atoms with Gasteiger partial charge < -0.3 is 10.4 Å². The summed E-state index contributed by atoms with van der Waals surface area (Å²) in [4.78, 5) is 21.7. The molecule has 1 aromatic rings. The molecule has 6 nitrogen and oxygen atoms in total. The number of nitrogens with zero attached hydrogens (tertiary/aromatic N) is 1. The first-order valence-corrected chi connectivity index (χ1v) is 5.56. The lowest BCUT2D eigenvalue weighted by Gasteiger charge is -2.12. The van der Waals surface area contributed by atoms with Gasteiger partial charge in [-0.05, 0) is 12.5 Å². The van der Waals surface area contributed by atoms with E-state index in [0.717, 1.165) is 11.3 Å². The first kappa shape index (κ1) is 12.6. The summed E-state index contributed by atoms with van der Waals surface area (Å²) in [6.07, 6.45) is 0.607. The van der Waals surface area contributed by atoms with Gasteiger partial charge in [-0.25, -0.2) is 0 Å². The average molecular weight is 244 g/mol. The van der Waals surface area contributed by atoms with E-state index in [-0.39, 0.29) is 28.4 Å². The summed E-state index contributed by atoms with van der Waals surface area (Å²) in [7, 11) is 0. The minimum Gasteiger partial charge on any atom is -0.394 e. The number of hydrogen-bond acceptors (Lipinski definition) is 5. The Balaban J connectivity index is 2.69. The molecule has 0 spiro atoms. The van der Waals surface area contributed by atoms with Crippen molar-refractivity contribution in [1.29, 1.82) is 0 Å². The van der Waals surface area contributed by atoms with Gasteiger partial charge in [0.25, 0.3) is 5.91 Å². The second-order valence-electron chi connectivity index (χ2n) is 3.16. The van der Waals surface area contributed by atoms with Crippen LogP contribution < -0.4 is 5.32 Å². The SMILES string of the molecule is CC[C@@H](CO)NC(=O)c1ccc([N+](=O)[O-])s1. The van der Waals surface area contributed by atoms with E-state index in [9.17, 15) is 14.9 Å². The number of carbonyl (C=O) groups is 1. The van der Waals surface area contributed by atoms with Crippen LogP contribution in [0.25, 0.3) is 0 Å². The van der Waals surface area contributed by atoms with Crippen LogP contribution in [0.3, 0.4) is 0 Å². The molecule has 1 amide bonds. The Labute approximate surface area is 96.1 Å². The monoisotopic (exact) mass is 244 g/mol. The summed E-state index contributed by atoms with van der Waals surface area (Å²) >= 11 is 0.819. The first-order chi connectivity index (χ1) is 7.58. The summed E-state index contributed by atoms with van der Waals surface area (Å²) in [5.41, 5.74) is 0. The molecule has 1 atom stereocenters. The Morgan fingerprint density at radius 3 is 2.81 bits per heavy atom. The Morgan fingerprint density at radius 1 is 1.69 bits per heavy atom. The summed E-state index contributed by atoms with van der Waals surface area (Å²) in [5.74, 6) is -0.390. The highest BCUT2D eigenvalue weighted by Gasteiger charge is 2.17. The van der Waals surface area contributed by atoms with E-state index in [1.165, 1.54) is 12.1 Å². The van der Waals surface area contributed by atoms with Crippen LogP contribution in [-0.4, -0.2) is 28.6 Å². The van der Waals surface area contributed by atoms with Crippen molar-refractivity contribution in [2.75, 3.05) is 6.61 Å². The third-order valence-corrected chi connectivity index (χ3v) is 3.08. The van der Waals surface area contributed by atoms with Crippen molar-refractivity contribution < 1.29 is 14.8 Å². The molecule has 1 aromatic heterocycles. The molecule has 0 bridgehead atoms. The van der Waals surface area contributed by atoms with Crippen LogP contribution in [0.4, 0.5) is 5.00 Å². The molecule has 0 aliphatic rings. The van der Waals surface area contributed by atoms with Gasteiger partial charge in [-0.3, -0.25) is 14.9 Å². The molecule has 0 aliphatic carbocycles. The summed E-state index contributed by atoms with van der Waals surface area (Å²) in [5, 5.41) is 21.8. The largest absolute Gasteiger partial charge is 0.394 e. The van der Waals surface area contributed by atoms with Crippen LogP contribution in [0.1, 0.15) is 23.0 Å². The Morgan fingerprint density at radius 2 is 2.38 bits per heavy atom. The molecule has 0 saturated carbocycles. The van der Waals surface area contributed by atoms with Crippen LogP contribution in [0.15, 0.2) is 12.1 Å². The van der Waals surface area contributed by atoms with Gasteiger partial charge in [-0.15, -0.1) is 0 Å². The molecule has 0 aromatic carbocycles. The van der Waals surface area contributed by atoms with E-state index in [1.807, 2.05) is 6.92 Å². The third kappa shape index (κ3) is 3.01. The van der Waals surface area contributed by atoms with Gasteiger partial charge in [-0.2, -0.15) is 0 Å². The van der Waals surface area contributed by atoms with Gasteiger partial charge in [0, 0.05) is 6.07 Å². The molecule has 0 aliphatic heterocycles. The maximum Gasteiger partial charge on any atom is 0.324 e. The second-order valence-corrected chi connectivity index (χ2v) is 4.22. The predicted molar refractivity (Wildman–Crippen MR) is 59.6 cm³/mol. The van der Waals surface area contributed by atoms with Crippen LogP contribution in [0.5, 0.6) is 0 Å². The lowest BCUT2D eigenvalue weighted by Crippen LogP contribution is -2.36. The van der Waals surface area contributed by atoms with Gasteiger partial charge in [0.1, 0.15) is 0 Å². The van der Waals surface area contributed by atoms with Gasteiger partial charge in [0.15, 0.2) is 0 Å². The Hall–Kier alpha value is -1.47. The minimum atomic E-state index is -0.537. The van der Waals surface area contributed by atoms with Crippen molar-refractivity contribution in [3.63, 3.8) is 0 Å². The quantitative estimate of drug-likeness (QED) is 0.600. The first-order valence-electron chi connectivity index (χ1n) is 4.74. The predicted octanol–water partition coefficient (Wildman–Crippen LogP) is 1.16. The van der Waals surface area contributed by atoms with Crippen molar-refractivity contribution in [1.82, 2.24) is 5.32 Å². The number of thiophene rings is 1. The topological polar surface area (TPSA) is 92.5 Å². The molecule has 0 saturated heterocycles. The number of hydrogen-bond donors (Lipinski definition) is 2. The zero-order chi connectivity index (χ0) is 12.1. The number of carbonyl (C=O) groups excluding carboxylic acids is 1. The van der Waals surface area contributed by atoms with Crippen LogP contribution in [0.2, 0.25) is 0 Å². The molecule has 0 unspecified atom stereocenters. The van der Waals surface area contributed by atoms with E-state index >= 15 is 0 Å². The summed E-state index contributed by atoms with van der Waals surface area (Å²) < 4.78 is 0. The Kier molecular flexibility index (Phi) is 4.39. The van der Waals surface area contributed by atoms with Crippen LogP contribution in [-0.2, 0) is 0 Å². The van der Waals surface area contributed by atoms with E-state index in [1.54, 1.807) is 0 Å². The van der Waals surface area contributed by atoms with Crippen LogP contribution >= 0.6 is 11.3 Å². The smallest absolute Gasteiger partial charge is 0.324 e. The number of amides is 1. The highest BCUT2D eigenvalue weighted by molar-refractivity contribution is 7.17. The zero-order valence-electron chi connectivity index (χ0n) is 8.67. The fourth-order valence-corrected chi connectivity index (χ4v) is 1.80. The number of nitrogens with one attached hydrogen (secondary N) is 1. The molecule has 2 N–H and O–H groups in total. The highest BCUT2D eigenvalue weighted by atomic mass is 32.1. The van der Waals surface area contributed by atoms with E-state index < -0.39 is 4.92 Å². The second kappa shape index (κ2) is 5.57. The molecular formula is C9H12N2O4S. The molecule has 16 heavy (non-hydrogen) atoms. The number of aliphatic hydroxyl groups excluding tert-OH is 1. The lowest BCUT2D eigenvalue weighted by molar-refractivity contribution is -0.380. The normalized spacial score (nSPS) is 12.1. The fourth-order valence-electron chi connectivity index (χ4n) is 1.08. The third-order valence-electron chi connectivity index (χ3n) is 2.04. The van der Waals surface area contributed by atoms with Crippen LogP contribution in [0, 0.1) is 10.1 Å². The summed E-state index contributed by atoms with van der Waals surface area (Å²) in [6, 6.07) is 2.38. The van der Waals surface area contributed by atoms with Crippen molar-refractivity contribution in [3.8, 4) is 0 Å². The standard InChI is InChI=1S/C9H12N2O4S/c1-2-6(5-12)10-9(13)7-3-4-8(16-7)11(14)15/h3-4,6,12H,2,5H2,1H3,(H,10,13)/t6-/m0/s1. The maximum atomic E-state index is 11.6. The molecule has 0 fully saturated rings. The average Bonchev–Trinajstić information content (AvgIpc) is 2.74. The van der Waals surface area contributed by atoms with Gasteiger partial charge in [0.05, 0.1) is 22.4 Å². The zero-order valence-corrected chi connectivity index (χ0v) is 9.49. The Bertz CT molecular complexity index is 387. The number of rotatable bonds is 5. The number of aliphatic hydroxyl groups is 1. The van der Waals surface area contributed by atoms with E-state index in [2.05, 4.69) is 5.32 Å². The van der Waals surface area contributed by atoms with Crippen molar-refractivity contribution in [2.45, 2.75) is 19.4 Å². The summed E-state index contributed by atoms with van der Waals surface area (Å²) in [6.45, 7) is 1.69. The molecule has 88 valence electrons.